The number of aryl methyl sites for hydroxylation is 1. The summed E-state index contributed by atoms with van der Waals surface area (Å²) in [6.07, 6.45) is 1.99. The van der Waals surface area contributed by atoms with Gasteiger partial charge in [-0.2, -0.15) is 0 Å². The van der Waals surface area contributed by atoms with Gasteiger partial charge in [0.25, 0.3) is 0 Å². The summed E-state index contributed by atoms with van der Waals surface area (Å²) in [6.45, 7) is 0.682. The smallest absolute Gasteiger partial charge is 0.231 e. The highest BCUT2D eigenvalue weighted by atomic mass is 19.1. The number of halogens is 1. The summed E-state index contributed by atoms with van der Waals surface area (Å²) in [5.74, 6) is 0.521. The van der Waals surface area contributed by atoms with Crippen molar-refractivity contribution in [2.45, 2.75) is 19.3 Å². The van der Waals surface area contributed by atoms with Gasteiger partial charge in [0.1, 0.15) is 11.6 Å². The summed E-state index contributed by atoms with van der Waals surface area (Å²) >= 11 is 0. The second-order valence-electron chi connectivity index (χ2n) is 5.45. The number of amides is 1. The van der Waals surface area contributed by atoms with E-state index in [2.05, 4.69) is 0 Å². The molecule has 2 aromatic carbocycles. The first kappa shape index (κ1) is 14.6. The Labute approximate surface area is 129 Å². The van der Waals surface area contributed by atoms with Crippen molar-refractivity contribution >= 4 is 11.6 Å². The van der Waals surface area contributed by atoms with Gasteiger partial charge in [-0.15, -0.1) is 0 Å². The van der Waals surface area contributed by atoms with Crippen LogP contribution in [0.1, 0.15) is 17.5 Å². The van der Waals surface area contributed by atoms with Gasteiger partial charge in [0.05, 0.1) is 13.5 Å². The van der Waals surface area contributed by atoms with Crippen molar-refractivity contribution in [3.8, 4) is 5.75 Å². The maximum Gasteiger partial charge on any atom is 0.231 e. The van der Waals surface area contributed by atoms with E-state index in [-0.39, 0.29) is 11.7 Å². The van der Waals surface area contributed by atoms with Gasteiger partial charge in [0.2, 0.25) is 5.91 Å². The zero-order chi connectivity index (χ0) is 15.5. The minimum Gasteiger partial charge on any atom is -0.497 e. The van der Waals surface area contributed by atoms with E-state index in [1.165, 1.54) is 12.1 Å². The quantitative estimate of drug-likeness (QED) is 0.870. The molecule has 0 bridgehead atoms. The van der Waals surface area contributed by atoms with Crippen LogP contribution >= 0.6 is 0 Å². The normalized spacial score (nSPS) is 13.6. The first-order valence-electron chi connectivity index (χ1n) is 7.39. The van der Waals surface area contributed by atoms with Crippen LogP contribution in [0, 0.1) is 5.82 Å². The van der Waals surface area contributed by atoms with Gasteiger partial charge in [-0.25, -0.2) is 4.39 Å². The van der Waals surface area contributed by atoms with Crippen molar-refractivity contribution in [1.82, 2.24) is 0 Å². The van der Waals surface area contributed by atoms with Crippen molar-refractivity contribution in [3.05, 3.63) is 59.4 Å². The van der Waals surface area contributed by atoms with Crippen molar-refractivity contribution in [2.24, 2.45) is 0 Å². The molecule has 3 nitrogen and oxygen atoms in total. The van der Waals surface area contributed by atoms with E-state index in [0.717, 1.165) is 35.4 Å². The first-order valence-corrected chi connectivity index (χ1v) is 7.39. The second-order valence-corrected chi connectivity index (χ2v) is 5.45. The molecular weight excluding hydrogens is 281 g/mol. The number of rotatable bonds is 3. The number of hydrogen-bond donors (Lipinski definition) is 0. The molecule has 22 heavy (non-hydrogen) atoms. The minimum absolute atomic E-state index is 0.0285. The van der Waals surface area contributed by atoms with Crippen LogP contribution in [0.3, 0.4) is 0 Å². The number of carbonyl (C=O) groups excluding carboxylic acids is 1. The third-order valence-electron chi connectivity index (χ3n) is 3.95. The Balaban J connectivity index is 1.81. The van der Waals surface area contributed by atoms with Crippen LogP contribution in [0.5, 0.6) is 5.75 Å². The molecule has 0 unspecified atom stereocenters. The SMILES string of the molecule is COc1cccc(CC(=O)N2CCCc3cc(F)ccc32)c1. The minimum atomic E-state index is -0.249. The van der Waals surface area contributed by atoms with Crippen LogP contribution in [0.25, 0.3) is 0 Å². The molecule has 0 fully saturated rings. The molecule has 0 saturated heterocycles. The predicted octanol–water partition coefficient (Wildman–Crippen LogP) is 3.36. The zero-order valence-corrected chi connectivity index (χ0v) is 12.5. The lowest BCUT2D eigenvalue weighted by Gasteiger charge is -2.29. The van der Waals surface area contributed by atoms with Crippen LogP contribution in [-0.4, -0.2) is 19.6 Å². The van der Waals surface area contributed by atoms with Gasteiger partial charge in [-0.3, -0.25) is 4.79 Å². The number of nitrogens with zero attached hydrogens (tertiary/aromatic N) is 1. The monoisotopic (exact) mass is 299 g/mol. The zero-order valence-electron chi connectivity index (χ0n) is 12.5. The van der Waals surface area contributed by atoms with Gasteiger partial charge in [0, 0.05) is 12.2 Å². The summed E-state index contributed by atoms with van der Waals surface area (Å²) in [6, 6.07) is 12.2. The summed E-state index contributed by atoms with van der Waals surface area (Å²) in [5.41, 5.74) is 2.66. The molecule has 0 radical (unpaired) electrons. The number of carbonyl (C=O) groups is 1. The lowest BCUT2D eigenvalue weighted by Crippen LogP contribution is -2.36. The number of methoxy groups -OCH3 is 1. The average molecular weight is 299 g/mol. The van der Waals surface area contributed by atoms with E-state index in [1.807, 2.05) is 24.3 Å². The third-order valence-corrected chi connectivity index (χ3v) is 3.95. The third kappa shape index (κ3) is 2.96. The Kier molecular flexibility index (Phi) is 4.09. The molecule has 0 atom stereocenters. The highest BCUT2D eigenvalue weighted by Crippen LogP contribution is 2.28. The lowest BCUT2D eigenvalue weighted by atomic mass is 10.0. The molecule has 0 N–H and O–H groups in total. The maximum absolute atomic E-state index is 13.3. The Bertz CT molecular complexity index is 699. The lowest BCUT2D eigenvalue weighted by molar-refractivity contribution is -0.118. The highest BCUT2D eigenvalue weighted by Gasteiger charge is 2.22. The van der Waals surface area contributed by atoms with E-state index in [0.29, 0.717) is 13.0 Å². The Hall–Kier alpha value is -2.36. The van der Waals surface area contributed by atoms with E-state index < -0.39 is 0 Å². The van der Waals surface area contributed by atoms with Gasteiger partial charge in [-0.1, -0.05) is 12.1 Å². The summed E-state index contributed by atoms with van der Waals surface area (Å²) in [4.78, 5) is 14.4. The van der Waals surface area contributed by atoms with Gasteiger partial charge < -0.3 is 9.64 Å². The number of anilines is 1. The van der Waals surface area contributed by atoms with Crippen LogP contribution in [0.15, 0.2) is 42.5 Å². The standard InChI is InChI=1S/C18H18FNO2/c1-22-16-6-2-4-13(10-16)11-18(21)20-9-3-5-14-12-15(19)7-8-17(14)20/h2,4,6-8,10,12H,3,5,9,11H2,1H3. The average Bonchev–Trinajstić information content (AvgIpc) is 2.54. The second kappa shape index (κ2) is 6.18. The van der Waals surface area contributed by atoms with E-state index in [4.69, 9.17) is 4.74 Å². The Morgan fingerprint density at radius 2 is 2.14 bits per heavy atom. The van der Waals surface area contributed by atoms with Crippen molar-refractivity contribution in [3.63, 3.8) is 0 Å². The fourth-order valence-electron chi connectivity index (χ4n) is 2.88. The molecule has 0 aromatic heterocycles. The molecule has 0 aliphatic carbocycles. The van der Waals surface area contributed by atoms with E-state index in [1.54, 1.807) is 18.1 Å². The van der Waals surface area contributed by atoms with E-state index in [9.17, 15) is 9.18 Å². The van der Waals surface area contributed by atoms with Crippen molar-refractivity contribution in [2.75, 3.05) is 18.6 Å². The van der Waals surface area contributed by atoms with Gasteiger partial charge >= 0.3 is 0 Å². The molecule has 0 spiro atoms. The van der Waals surface area contributed by atoms with Crippen LogP contribution in [-0.2, 0) is 17.6 Å². The molecular formula is C18H18FNO2. The Morgan fingerprint density at radius 1 is 1.27 bits per heavy atom. The van der Waals surface area contributed by atoms with Gasteiger partial charge in [0.15, 0.2) is 0 Å². The highest BCUT2D eigenvalue weighted by molar-refractivity contribution is 5.95. The summed E-state index contributed by atoms with van der Waals surface area (Å²) in [5, 5.41) is 0. The molecule has 4 heteroatoms. The van der Waals surface area contributed by atoms with E-state index >= 15 is 0 Å². The molecule has 1 aliphatic heterocycles. The number of benzene rings is 2. The topological polar surface area (TPSA) is 29.5 Å². The fraction of sp³-hybridized carbons (Fsp3) is 0.278. The largest absolute Gasteiger partial charge is 0.497 e. The van der Waals surface area contributed by atoms with Crippen LogP contribution in [0.4, 0.5) is 10.1 Å². The molecule has 1 aliphatic rings. The number of hydrogen-bond acceptors (Lipinski definition) is 2. The Morgan fingerprint density at radius 3 is 2.95 bits per heavy atom. The molecule has 2 aromatic rings. The van der Waals surface area contributed by atoms with Gasteiger partial charge in [-0.05, 0) is 54.3 Å². The maximum atomic E-state index is 13.3. The molecule has 114 valence electrons. The fourth-order valence-corrected chi connectivity index (χ4v) is 2.88. The van der Waals surface area contributed by atoms with Crippen LogP contribution < -0.4 is 9.64 Å². The molecule has 0 saturated carbocycles. The number of fused-ring (bicyclic) bond motifs is 1. The molecule has 1 amide bonds. The predicted molar refractivity (Wildman–Crippen MR) is 83.8 cm³/mol. The summed E-state index contributed by atoms with van der Waals surface area (Å²) < 4.78 is 18.5. The molecule has 3 rings (SSSR count). The first-order chi connectivity index (χ1) is 10.7. The summed E-state index contributed by atoms with van der Waals surface area (Å²) in [7, 11) is 1.61. The van der Waals surface area contributed by atoms with Crippen molar-refractivity contribution < 1.29 is 13.9 Å². The van der Waals surface area contributed by atoms with Crippen LogP contribution in [0.2, 0.25) is 0 Å². The van der Waals surface area contributed by atoms with Crippen molar-refractivity contribution in [1.29, 1.82) is 0 Å². The molecule has 1 heterocycles. The number of ether oxygens (including phenoxy) is 1.